The van der Waals surface area contributed by atoms with Crippen LogP contribution < -0.4 is 0 Å². The molecule has 142 valence electrons. The van der Waals surface area contributed by atoms with E-state index in [1.807, 2.05) is 0 Å². The Balaban J connectivity index is 2.10. The Kier molecular flexibility index (Phi) is 3.90. The molecule has 1 aliphatic carbocycles. The molecular weight excluding hydrogens is 364 g/mol. The van der Waals surface area contributed by atoms with E-state index in [4.69, 9.17) is 0 Å². The summed E-state index contributed by atoms with van der Waals surface area (Å²) < 4.78 is 0. The van der Waals surface area contributed by atoms with Gasteiger partial charge in [-0.05, 0) is 35.4 Å². The summed E-state index contributed by atoms with van der Waals surface area (Å²) in [5, 5.41) is 61.2. The molecule has 7 nitrogen and oxygen atoms in total. The minimum Gasteiger partial charge on any atom is -0.508 e. The summed E-state index contributed by atoms with van der Waals surface area (Å²) >= 11 is 0. The lowest BCUT2D eigenvalue weighted by molar-refractivity contribution is 0.103. The molecule has 0 spiro atoms. The van der Waals surface area contributed by atoms with E-state index in [0.29, 0.717) is 5.56 Å². The Labute approximate surface area is 159 Å². The predicted octanol–water partition coefficient (Wildman–Crippen LogP) is 2.62. The first-order valence-electron chi connectivity index (χ1n) is 8.41. The number of phenols is 5. The number of ketones is 1. The Bertz CT molecular complexity index is 1100. The van der Waals surface area contributed by atoms with Gasteiger partial charge in [0.15, 0.2) is 5.78 Å². The zero-order valence-corrected chi connectivity index (χ0v) is 14.4. The highest BCUT2D eigenvalue weighted by molar-refractivity contribution is 6.14. The van der Waals surface area contributed by atoms with Crippen LogP contribution in [0.4, 0.5) is 0 Å². The summed E-state index contributed by atoms with van der Waals surface area (Å²) in [6.45, 7) is 0. The average Bonchev–Trinajstić information content (AvgIpc) is 2.71. The molecule has 0 unspecified atom stereocenters. The largest absolute Gasteiger partial charge is 0.508 e. The number of rotatable bonds is 1. The van der Waals surface area contributed by atoms with Crippen molar-refractivity contribution in [2.45, 2.75) is 12.0 Å². The van der Waals surface area contributed by atoms with Gasteiger partial charge in [0, 0.05) is 29.2 Å². The van der Waals surface area contributed by atoms with Crippen molar-refractivity contribution in [3.05, 3.63) is 76.3 Å². The first kappa shape index (κ1) is 17.7. The molecule has 3 aromatic carbocycles. The van der Waals surface area contributed by atoms with E-state index < -0.39 is 29.3 Å². The second-order valence-electron chi connectivity index (χ2n) is 6.70. The number of aliphatic hydroxyl groups excluding tert-OH is 1. The van der Waals surface area contributed by atoms with Gasteiger partial charge >= 0.3 is 0 Å². The van der Waals surface area contributed by atoms with E-state index in [1.165, 1.54) is 30.3 Å². The molecule has 0 fully saturated rings. The second-order valence-corrected chi connectivity index (χ2v) is 6.70. The van der Waals surface area contributed by atoms with Gasteiger partial charge in [-0.25, -0.2) is 0 Å². The van der Waals surface area contributed by atoms with Crippen molar-refractivity contribution in [1.82, 2.24) is 0 Å². The van der Waals surface area contributed by atoms with Crippen LogP contribution >= 0.6 is 0 Å². The fourth-order valence-electron chi connectivity index (χ4n) is 3.75. The van der Waals surface area contributed by atoms with Crippen molar-refractivity contribution in [3.63, 3.8) is 0 Å². The molecule has 0 saturated carbocycles. The minimum atomic E-state index is -1.42. The molecule has 0 saturated heterocycles. The van der Waals surface area contributed by atoms with E-state index in [-0.39, 0.29) is 39.5 Å². The number of carbonyl (C=O) groups is 1. The summed E-state index contributed by atoms with van der Waals surface area (Å²) in [4.78, 5) is 13.1. The highest BCUT2D eigenvalue weighted by Crippen LogP contribution is 2.49. The fraction of sp³-hybridized carbons (Fsp3) is 0.0952. The van der Waals surface area contributed by atoms with Gasteiger partial charge in [0.25, 0.3) is 0 Å². The fourth-order valence-corrected chi connectivity index (χ4v) is 3.75. The number of carbonyl (C=O) groups excluding carboxylic acids is 1. The van der Waals surface area contributed by atoms with E-state index in [2.05, 4.69) is 0 Å². The van der Waals surface area contributed by atoms with Crippen LogP contribution in [0, 0.1) is 0 Å². The van der Waals surface area contributed by atoms with E-state index in [0.717, 1.165) is 18.2 Å². The van der Waals surface area contributed by atoms with Gasteiger partial charge in [0.05, 0.1) is 11.7 Å². The van der Waals surface area contributed by atoms with Crippen LogP contribution in [-0.4, -0.2) is 36.4 Å². The number of phenolic OH excluding ortho intramolecular Hbond substituents is 5. The zero-order chi connectivity index (χ0) is 20.2. The summed E-state index contributed by atoms with van der Waals surface area (Å²) in [5.41, 5.74) is 0.204. The number of hydrogen-bond donors (Lipinski definition) is 6. The van der Waals surface area contributed by atoms with Gasteiger partial charge in [0.2, 0.25) is 0 Å². The maximum Gasteiger partial charge on any atom is 0.197 e. The highest BCUT2D eigenvalue weighted by Gasteiger charge is 2.39. The van der Waals surface area contributed by atoms with Crippen molar-refractivity contribution < 1.29 is 35.4 Å². The molecule has 3 aromatic rings. The highest BCUT2D eigenvalue weighted by atomic mass is 16.3. The van der Waals surface area contributed by atoms with Gasteiger partial charge < -0.3 is 30.6 Å². The Hall–Kier alpha value is -3.71. The van der Waals surface area contributed by atoms with Crippen LogP contribution in [0.1, 0.15) is 44.6 Å². The molecule has 28 heavy (non-hydrogen) atoms. The van der Waals surface area contributed by atoms with Crippen LogP contribution in [0.15, 0.2) is 48.5 Å². The van der Waals surface area contributed by atoms with Crippen molar-refractivity contribution >= 4 is 5.78 Å². The third-order valence-corrected chi connectivity index (χ3v) is 4.95. The smallest absolute Gasteiger partial charge is 0.197 e. The monoisotopic (exact) mass is 380 g/mol. The van der Waals surface area contributed by atoms with Crippen molar-refractivity contribution in [2.75, 3.05) is 0 Å². The van der Waals surface area contributed by atoms with Gasteiger partial charge in [-0.3, -0.25) is 4.79 Å². The molecular formula is C21H16O7. The second kappa shape index (κ2) is 6.17. The first-order chi connectivity index (χ1) is 13.3. The van der Waals surface area contributed by atoms with Crippen LogP contribution in [0.2, 0.25) is 0 Å². The molecule has 0 heterocycles. The van der Waals surface area contributed by atoms with E-state index in [9.17, 15) is 35.4 Å². The lowest BCUT2D eigenvalue weighted by Gasteiger charge is -2.25. The SMILES string of the molecule is O=C1c2cc(O)cc(O)c2[C@H](c2ccc(O)cc2)[C@H](O)c2cc(O)cc(O)c21. The average molecular weight is 380 g/mol. The van der Waals surface area contributed by atoms with E-state index >= 15 is 0 Å². The minimum absolute atomic E-state index is 0.00576. The molecule has 0 bridgehead atoms. The lowest BCUT2D eigenvalue weighted by atomic mass is 9.82. The van der Waals surface area contributed by atoms with Gasteiger partial charge in [-0.15, -0.1) is 0 Å². The van der Waals surface area contributed by atoms with Crippen molar-refractivity contribution in [3.8, 4) is 28.7 Å². The number of aliphatic hydroxyl groups is 1. The zero-order valence-electron chi connectivity index (χ0n) is 14.4. The van der Waals surface area contributed by atoms with Crippen LogP contribution in [0.3, 0.4) is 0 Å². The van der Waals surface area contributed by atoms with Crippen LogP contribution in [0.25, 0.3) is 0 Å². The van der Waals surface area contributed by atoms with Crippen LogP contribution in [-0.2, 0) is 0 Å². The lowest BCUT2D eigenvalue weighted by Crippen LogP contribution is -2.13. The molecule has 2 atom stereocenters. The molecule has 0 aromatic heterocycles. The summed E-state index contributed by atoms with van der Waals surface area (Å²) in [7, 11) is 0. The van der Waals surface area contributed by atoms with Crippen molar-refractivity contribution in [1.29, 1.82) is 0 Å². The van der Waals surface area contributed by atoms with Gasteiger partial charge in [0.1, 0.15) is 28.7 Å². The third-order valence-electron chi connectivity index (χ3n) is 4.95. The van der Waals surface area contributed by atoms with E-state index in [1.54, 1.807) is 0 Å². The number of hydrogen-bond acceptors (Lipinski definition) is 7. The molecule has 4 rings (SSSR count). The standard InChI is InChI=1S/C21H16O7/c22-10-3-1-9(2-4-10)17-18-13(5-11(23)7-15(18)25)21(28)19-14(20(17)27)6-12(24)8-16(19)26/h1-8,17,20,22-27H/t17-,20+/m0/s1. The predicted molar refractivity (Wildman–Crippen MR) is 97.9 cm³/mol. The molecule has 0 amide bonds. The Morgan fingerprint density at radius 1 is 0.714 bits per heavy atom. The summed E-state index contributed by atoms with van der Waals surface area (Å²) in [5.74, 6) is -3.32. The van der Waals surface area contributed by atoms with Crippen molar-refractivity contribution in [2.24, 2.45) is 0 Å². The maximum absolute atomic E-state index is 13.1. The van der Waals surface area contributed by atoms with Gasteiger partial charge in [-0.1, -0.05) is 12.1 Å². The van der Waals surface area contributed by atoms with Crippen LogP contribution in [0.5, 0.6) is 28.7 Å². The molecule has 1 aliphatic rings. The Morgan fingerprint density at radius 2 is 1.32 bits per heavy atom. The maximum atomic E-state index is 13.1. The molecule has 0 radical (unpaired) electrons. The normalized spacial score (nSPS) is 18.2. The van der Waals surface area contributed by atoms with Gasteiger partial charge in [-0.2, -0.15) is 0 Å². The number of benzene rings is 3. The summed E-state index contributed by atoms with van der Waals surface area (Å²) in [6.07, 6.45) is -1.42. The molecule has 0 aliphatic heterocycles. The molecule has 6 N–H and O–H groups in total. The number of aromatic hydroxyl groups is 5. The molecule has 7 heteroatoms. The third kappa shape index (κ3) is 2.60. The first-order valence-corrected chi connectivity index (χ1v) is 8.41. The Morgan fingerprint density at radius 3 is 2.00 bits per heavy atom. The quantitative estimate of drug-likeness (QED) is 0.381. The topological polar surface area (TPSA) is 138 Å². The summed E-state index contributed by atoms with van der Waals surface area (Å²) in [6, 6.07) is 10.2. The number of fused-ring (bicyclic) bond motifs is 2.